The van der Waals surface area contributed by atoms with Crippen LogP contribution in [-0.4, -0.2) is 30.6 Å². The number of benzene rings is 1. The van der Waals surface area contributed by atoms with Gasteiger partial charge in [-0.15, -0.1) is 8.78 Å². The lowest BCUT2D eigenvalue weighted by Gasteiger charge is -2.41. The van der Waals surface area contributed by atoms with Gasteiger partial charge in [-0.3, -0.25) is 0 Å². The molecule has 1 aromatic rings. The molecule has 0 aliphatic heterocycles. The fourth-order valence-electron chi connectivity index (χ4n) is 11.2. The molecule has 73 heavy (non-hydrogen) atoms. The standard InChI is InChI=1S/C36H76B.C25H35F10N/c1-5-9-13-17-21-25-29-33-37(34-30-26-22-18-14-10-6-2,35-31-27-23-19-15-11-7-3)36-32-28-24-20-16-12-8-4;1-5-8-10-11-14-23(30,31)24(32,33)25(34,35)36(15-13-17(7-3)12-9-6-2)22-19(27)16(4)18(26)20(28)21(22)29/h5-36H2,1-4H3;17H,5-15H2,1-4H3/q-1;/p+1. The molecule has 0 spiro atoms. The second-order valence-electron chi connectivity index (χ2n) is 22.7. The van der Waals surface area contributed by atoms with Crippen LogP contribution in [0.2, 0.25) is 25.3 Å². The number of hydrogen-bond acceptors (Lipinski definition) is 0. The van der Waals surface area contributed by atoms with E-state index in [1.165, 1.54) is 180 Å². The normalized spacial score (nSPS) is 13.4. The quantitative estimate of drug-likeness (QED) is 0.0166. The second kappa shape index (κ2) is 42.6. The summed E-state index contributed by atoms with van der Waals surface area (Å²) in [6.45, 7) is 14.2. The second-order valence-corrected chi connectivity index (χ2v) is 22.7. The Hall–Kier alpha value is -1.46. The molecule has 0 aliphatic rings. The minimum absolute atomic E-state index is 0.103. The Bertz CT molecular complexity index is 1350. The van der Waals surface area contributed by atoms with Crippen molar-refractivity contribution in [1.29, 1.82) is 0 Å². The third-order valence-electron chi connectivity index (χ3n) is 16.4. The molecule has 0 saturated heterocycles. The van der Waals surface area contributed by atoms with E-state index in [2.05, 4.69) is 27.7 Å². The molecule has 0 heterocycles. The summed E-state index contributed by atoms with van der Waals surface area (Å²) in [5.41, 5.74) is -3.13. The average Bonchev–Trinajstić information content (AvgIpc) is 3.37. The van der Waals surface area contributed by atoms with E-state index >= 15 is 8.78 Å². The van der Waals surface area contributed by atoms with E-state index in [1.807, 2.05) is 6.92 Å². The van der Waals surface area contributed by atoms with Gasteiger partial charge in [0.25, 0.3) is 0 Å². The average molecular weight is 1060 g/mol. The summed E-state index contributed by atoms with van der Waals surface area (Å²) in [6, 6.07) is -5.75. The molecule has 0 aromatic heterocycles. The van der Waals surface area contributed by atoms with Gasteiger partial charge in [0.05, 0.1) is 6.54 Å². The van der Waals surface area contributed by atoms with E-state index in [9.17, 15) is 35.1 Å². The highest BCUT2D eigenvalue weighted by molar-refractivity contribution is 6.79. The first-order valence-electron chi connectivity index (χ1n) is 30.9. The molecule has 2 unspecified atom stereocenters. The zero-order valence-electron chi connectivity index (χ0n) is 48.3. The Morgan fingerprint density at radius 3 is 1.05 bits per heavy atom. The Labute approximate surface area is 443 Å². The number of halogens is 10. The van der Waals surface area contributed by atoms with Gasteiger partial charge >= 0.3 is 17.9 Å². The number of hydrogen-bond donors (Lipinski definition) is 1. The van der Waals surface area contributed by atoms with Gasteiger partial charge in [-0.05, 0) is 25.7 Å². The molecule has 0 aliphatic carbocycles. The van der Waals surface area contributed by atoms with Gasteiger partial charge in [-0.1, -0.05) is 273 Å². The van der Waals surface area contributed by atoms with Crippen LogP contribution in [0.4, 0.5) is 49.6 Å². The zero-order chi connectivity index (χ0) is 55.0. The summed E-state index contributed by atoms with van der Waals surface area (Å²) in [6.07, 6.45) is 48.7. The third kappa shape index (κ3) is 28.1. The molecule has 434 valence electrons. The first-order chi connectivity index (χ1) is 34.9. The number of rotatable bonds is 48. The van der Waals surface area contributed by atoms with Crippen molar-refractivity contribution in [3.63, 3.8) is 0 Å². The lowest BCUT2D eigenvalue weighted by molar-refractivity contribution is -0.950. The van der Waals surface area contributed by atoms with Crippen molar-refractivity contribution in [3.8, 4) is 0 Å². The lowest BCUT2D eigenvalue weighted by Crippen LogP contribution is -3.18. The highest BCUT2D eigenvalue weighted by atomic mass is 19.3. The van der Waals surface area contributed by atoms with E-state index in [4.69, 9.17) is 0 Å². The Morgan fingerprint density at radius 2 is 0.712 bits per heavy atom. The molecule has 0 amide bonds. The fourth-order valence-corrected chi connectivity index (χ4v) is 11.2. The molecule has 1 rings (SSSR count). The molecule has 1 N–H and O–H groups in total. The first-order valence-corrected chi connectivity index (χ1v) is 30.9. The Kier molecular flexibility index (Phi) is 41.7. The van der Waals surface area contributed by atoms with E-state index in [-0.39, 0.29) is 24.9 Å². The predicted molar refractivity (Wildman–Crippen MR) is 295 cm³/mol. The highest BCUT2D eigenvalue weighted by Crippen LogP contribution is 2.47. The van der Waals surface area contributed by atoms with Crippen molar-refractivity contribution in [2.24, 2.45) is 5.92 Å². The molecule has 0 saturated carbocycles. The predicted octanol–water partition coefficient (Wildman–Crippen LogP) is 22.9. The van der Waals surface area contributed by atoms with Crippen molar-refractivity contribution in [2.75, 3.05) is 6.54 Å². The van der Waals surface area contributed by atoms with Crippen molar-refractivity contribution in [1.82, 2.24) is 0 Å². The number of alkyl halides is 6. The molecule has 0 radical (unpaired) electrons. The van der Waals surface area contributed by atoms with Gasteiger partial charge in [0.1, 0.15) is 0 Å². The van der Waals surface area contributed by atoms with E-state index in [0.29, 0.717) is 39.0 Å². The van der Waals surface area contributed by atoms with Gasteiger partial charge in [-0.25, -0.2) is 13.7 Å². The summed E-state index contributed by atoms with van der Waals surface area (Å²) in [5.74, 6) is -20.4. The van der Waals surface area contributed by atoms with Crippen LogP contribution in [0.3, 0.4) is 0 Å². The Balaban J connectivity index is 0.00000142. The maximum atomic E-state index is 15.3. The van der Waals surface area contributed by atoms with Crippen LogP contribution >= 0.6 is 0 Å². The smallest absolute Gasteiger partial charge is 0.231 e. The van der Waals surface area contributed by atoms with E-state index in [0.717, 1.165) is 6.42 Å². The van der Waals surface area contributed by atoms with Gasteiger partial charge in [0.15, 0.2) is 11.6 Å². The van der Waals surface area contributed by atoms with Crippen molar-refractivity contribution < 1.29 is 48.8 Å². The number of quaternary nitrogens is 1. The minimum Gasteiger partial charge on any atom is -0.231 e. The summed E-state index contributed by atoms with van der Waals surface area (Å²) >= 11 is 0. The zero-order valence-corrected chi connectivity index (χ0v) is 48.3. The SMILES string of the molecule is CCCCCCC(F)(F)C(F)(F)C(F)(F)[NH+](CCC(CC)CCCC)c1c(F)c(C)c(F)c(F)c1F.CCCCCCCCC[B-](CCCCCCCCC)(CCCCCCCCC)CCCCCCCCC. The molecule has 2 atom stereocenters. The van der Waals surface area contributed by atoms with Crippen LogP contribution in [0.25, 0.3) is 0 Å². The first kappa shape index (κ1) is 71.5. The topological polar surface area (TPSA) is 4.44 Å². The third-order valence-corrected chi connectivity index (χ3v) is 16.4. The summed E-state index contributed by atoms with van der Waals surface area (Å²) in [7, 11) is 0. The molecule has 12 heteroatoms. The fraction of sp³-hybridized carbons (Fsp3) is 0.902. The van der Waals surface area contributed by atoms with Crippen LogP contribution in [0.5, 0.6) is 0 Å². The minimum atomic E-state index is -6.04. The maximum absolute atomic E-state index is 15.3. The summed E-state index contributed by atoms with van der Waals surface area (Å²) in [4.78, 5) is -1.99. The van der Waals surface area contributed by atoms with Crippen molar-refractivity contribution in [2.45, 2.75) is 343 Å². The van der Waals surface area contributed by atoms with Crippen LogP contribution in [0.1, 0.15) is 298 Å². The van der Waals surface area contributed by atoms with Crippen LogP contribution in [-0.2, 0) is 0 Å². The largest absolute Gasteiger partial charge is 0.464 e. The van der Waals surface area contributed by atoms with E-state index in [1.54, 1.807) is 39.1 Å². The number of nitrogens with one attached hydrogen (secondary N) is 1. The maximum Gasteiger partial charge on any atom is 0.464 e. The van der Waals surface area contributed by atoms with Crippen molar-refractivity contribution in [3.05, 3.63) is 28.8 Å². The van der Waals surface area contributed by atoms with Crippen LogP contribution in [0, 0.1) is 36.1 Å². The molecular weight excluding hydrogens is 947 g/mol. The molecule has 1 aromatic carbocycles. The molecule has 0 bridgehead atoms. The van der Waals surface area contributed by atoms with E-state index < -0.39 is 76.7 Å². The van der Waals surface area contributed by atoms with Crippen LogP contribution < -0.4 is 4.90 Å². The Morgan fingerprint density at radius 1 is 0.384 bits per heavy atom. The van der Waals surface area contributed by atoms with Gasteiger partial charge in [0.2, 0.25) is 17.3 Å². The van der Waals surface area contributed by atoms with Gasteiger partial charge < -0.3 is 0 Å². The van der Waals surface area contributed by atoms with Crippen LogP contribution in [0.15, 0.2) is 0 Å². The monoisotopic (exact) mass is 1060 g/mol. The van der Waals surface area contributed by atoms with Gasteiger partial charge in [-0.2, -0.15) is 51.6 Å². The molecular formula is C61H112BF10N. The summed E-state index contributed by atoms with van der Waals surface area (Å²) in [5, 5.41) is 0. The highest BCUT2D eigenvalue weighted by Gasteiger charge is 2.77. The van der Waals surface area contributed by atoms with Crippen molar-refractivity contribution >= 4 is 11.8 Å². The summed E-state index contributed by atoms with van der Waals surface area (Å²) < 4.78 is 147. The van der Waals surface area contributed by atoms with Gasteiger partial charge in [0, 0.05) is 18.1 Å². The lowest BCUT2D eigenvalue weighted by atomic mass is 9.17. The molecule has 1 nitrogen and oxygen atoms in total. The number of unbranched alkanes of at least 4 members (excludes halogenated alkanes) is 28. The molecule has 0 fully saturated rings.